The summed E-state index contributed by atoms with van der Waals surface area (Å²) in [5.41, 5.74) is 2.51. The third-order valence-electron chi connectivity index (χ3n) is 4.40. The molecule has 0 aliphatic heterocycles. The van der Waals surface area contributed by atoms with Crippen molar-refractivity contribution in [1.29, 1.82) is 0 Å². The number of aromatic nitrogens is 1. The molecule has 0 saturated heterocycles. The van der Waals surface area contributed by atoms with Gasteiger partial charge in [0.1, 0.15) is 9.84 Å². The van der Waals surface area contributed by atoms with Gasteiger partial charge in [0, 0.05) is 30.7 Å². The van der Waals surface area contributed by atoms with E-state index in [1.54, 1.807) is 0 Å². The van der Waals surface area contributed by atoms with E-state index < -0.39 is 9.84 Å². The van der Waals surface area contributed by atoms with Crippen LogP contribution in [0.25, 0.3) is 0 Å². The molecule has 0 radical (unpaired) electrons. The molecule has 1 saturated carbocycles. The molecule has 1 heterocycles. The van der Waals surface area contributed by atoms with Crippen molar-refractivity contribution in [2.45, 2.75) is 51.6 Å². The van der Waals surface area contributed by atoms with Crippen molar-refractivity contribution in [3.8, 4) is 0 Å². The summed E-state index contributed by atoms with van der Waals surface area (Å²) in [6.07, 6.45) is 9.22. The maximum Gasteiger partial charge on any atom is 0.147 e. The zero-order chi connectivity index (χ0) is 15.5. The molecular weight excluding hydrogens is 284 g/mol. The molecule has 1 N–H and O–H groups in total. The first-order valence-electron chi connectivity index (χ1n) is 7.69. The highest BCUT2D eigenvalue weighted by atomic mass is 32.2. The zero-order valence-corrected chi connectivity index (χ0v) is 14.0. The van der Waals surface area contributed by atoms with Crippen LogP contribution in [0, 0.1) is 12.8 Å². The van der Waals surface area contributed by atoms with E-state index in [1.807, 2.05) is 12.4 Å². The molecule has 1 aliphatic rings. The molecule has 0 spiro atoms. The summed E-state index contributed by atoms with van der Waals surface area (Å²) in [5, 5.41) is 3.68. The fraction of sp³-hybridized carbons (Fsp3) is 0.688. The molecule has 4 nitrogen and oxygen atoms in total. The van der Waals surface area contributed by atoms with Crippen LogP contribution < -0.4 is 5.32 Å². The minimum Gasteiger partial charge on any atom is -0.307 e. The second-order valence-electron chi connectivity index (χ2n) is 6.43. The number of nitrogens with zero attached hydrogens (tertiary/aromatic N) is 1. The minimum absolute atomic E-state index is 0.310. The van der Waals surface area contributed by atoms with Crippen LogP contribution in [-0.2, 0) is 9.84 Å². The Morgan fingerprint density at radius 2 is 2.00 bits per heavy atom. The van der Waals surface area contributed by atoms with Crippen molar-refractivity contribution >= 4 is 9.84 Å². The number of hydrogen-bond donors (Lipinski definition) is 1. The molecule has 118 valence electrons. The molecule has 1 unspecified atom stereocenters. The van der Waals surface area contributed by atoms with Crippen molar-refractivity contribution < 1.29 is 8.42 Å². The molecule has 21 heavy (non-hydrogen) atoms. The lowest BCUT2D eigenvalue weighted by molar-refractivity contribution is 0.292. The zero-order valence-electron chi connectivity index (χ0n) is 13.2. The molecule has 1 aliphatic carbocycles. The highest BCUT2D eigenvalue weighted by Gasteiger charge is 2.25. The average Bonchev–Trinajstić information content (AvgIpc) is 2.40. The maximum atomic E-state index is 11.4. The predicted octanol–water partition coefficient (Wildman–Crippen LogP) is 2.64. The van der Waals surface area contributed by atoms with Gasteiger partial charge in [-0.3, -0.25) is 4.98 Å². The average molecular weight is 310 g/mol. The minimum atomic E-state index is -2.84. The maximum absolute atomic E-state index is 11.4. The van der Waals surface area contributed by atoms with Crippen LogP contribution in [0.3, 0.4) is 0 Å². The number of rotatable bonds is 5. The Morgan fingerprint density at radius 3 is 2.57 bits per heavy atom. The van der Waals surface area contributed by atoms with Gasteiger partial charge in [0.2, 0.25) is 0 Å². The predicted molar refractivity (Wildman–Crippen MR) is 86.0 cm³/mol. The molecule has 1 aromatic heterocycles. The number of nitrogens with one attached hydrogen (secondary N) is 1. The second kappa shape index (κ2) is 6.88. The Hall–Kier alpha value is -0.940. The van der Waals surface area contributed by atoms with Gasteiger partial charge in [-0.05, 0) is 62.6 Å². The number of sulfone groups is 1. The van der Waals surface area contributed by atoms with Crippen LogP contribution in [0.2, 0.25) is 0 Å². The Morgan fingerprint density at radius 1 is 1.33 bits per heavy atom. The normalized spacial score (nSPS) is 24.7. The second-order valence-corrected chi connectivity index (χ2v) is 8.62. The number of aryl methyl sites for hydroxylation is 1. The van der Waals surface area contributed by atoms with Crippen LogP contribution in [-0.4, -0.2) is 31.5 Å². The molecule has 0 aromatic carbocycles. The molecule has 0 bridgehead atoms. The van der Waals surface area contributed by atoms with Gasteiger partial charge >= 0.3 is 0 Å². The highest BCUT2D eigenvalue weighted by molar-refractivity contribution is 7.90. The Kier molecular flexibility index (Phi) is 5.38. The summed E-state index contributed by atoms with van der Waals surface area (Å²) >= 11 is 0. The summed E-state index contributed by atoms with van der Waals surface area (Å²) in [4.78, 5) is 4.13. The number of pyridine rings is 1. The van der Waals surface area contributed by atoms with Crippen molar-refractivity contribution in [3.63, 3.8) is 0 Å². The van der Waals surface area contributed by atoms with Gasteiger partial charge in [0.25, 0.3) is 0 Å². The molecule has 1 atom stereocenters. The van der Waals surface area contributed by atoms with Gasteiger partial charge in [-0.15, -0.1) is 0 Å². The van der Waals surface area contributed by atoms with E-state index >= 15 is 0 Å². The molecule has 1 aromatic rings. The highest BCUT2D eigenvalue weighted by Crippen LogP contribution is 2.27. The van der Waals surface area contributed by atoms with Crippen LogP contribution in [0.4, 0.5) is 0 Å². The summed E-state index contributed by atoms with van der Waals surface area (Å²) < 4.78 is 22.7. The van der Waals surface area contributed by atoms with Gasteiger partial charge in [0.15, 0.2) is 0 Å². The molecule has 2 rings (SSSR count). The lowest BCUT2D eigenvalue weighted by Crippen LogP contribution is -2.36. The Bertz CT molecular complexity index is 563. The van der Waals surface area contributed by atoms with Crippen LogP contribution in [0.5, 0.6) is 0 Å². The van der Waals surface area contributed by atoms with Crippen LogP contribution in [0.1, 0.15) is 49.8 Å². The first kappa shape index (κ1) is 16.4. The molecule has 1 fully saturated rings. The Labute approximate surface area is 128 Å². The van der Waals surface area contributed by atoms with E-state index in [2.05, 4.69) is 30.2 Å². The smallest absolute Gasteiger partial charge is 0.147 e. The first-order chi connectivity index (χ1) is 9.85. The standard InChI is InChI=1S/C16H26N2O2S/c1-12-10-17-9-8-16(12)13(2)18-15-6-4-14(5-7-15)11-21(3,19)20/h8-10,13-15,18H,4-7,11H2,1-3H3. The largest absolute Gasteiger partial charge is 0.307 e. The summed E-state index contributed by atoms with van der Waals surface area (Å²) in [5.74, 6) is 0.690. The van der Waals surface area contributed by atoms with E-state index in [-0.39, 0.29) is 0 Å². The molecule has 5 heteroatoms. The fourth-order valence-electron chi connectivity index (χ4n) is 3.34. The van der Waals surface area contributed by atoms with Crippen molar-refractivity contribution in [1.82, 2.24) is 10.3 Å². The van der Waals surface area contributed by atoms with Crippen LogP contribution >= 0.6 is 0 Å². The van der Waals surface area contributed by atoms with E-state index in [0.717, 1.165) is 25.7 Å². The lowest BCUT2D eigenvalue weighted by Gasteiger charge is -2.31. The van der Waals surface area contributed by atoms with Gasteiger partial charge in [-0.1, -0.05) is 0 Å². The third-order valence-corrected chi connectivity index (χ3v) is 5.48. The number of hydrogen-bond acceptors (Lipinski definition) is 4. The molecular formula is C16H26N2O2S. The van der Waals surface area contributed by atoms with E-state index in [0.29, 0.717) is 23.8 Å². The van der Waals surface area contributed by atoms with Crippen molar-refractivity contribution in [3.05, 3.63) is 29.6 Å². The van der Waals surface area contributed by atoms with Crippen molar-refractivity contribution in [2.75, 3.05) is 12.0 Å². The first-order valence-corrected chi connectivity index (χ1v) is 9.75. The fourth-order valence-corrected chi connectivity index (χ4v) is 4.53. The van der Waals surface area contributed by atoms with Crippen LogP contribution in [0.15, 0.2) is 18.5 Å². The van der Waals surface area contributed by atoms with E-state index in [4.69, 9.17) is 0 Å². The third kappa shape index (κ3) is 5.08. The summed E-state index contributed by atoms with van der Waals surface area (Å²) in [6.45, 7) is 4.27. The Balaban J connectivity index is 1.85. The van der Waals surface area contributed by atoms with Gasteiger partial charge < -0.3 is 5.32 Å². The van der Waals surface area contributed by atoms with Gasteiger partial charge in [-0.2, -0.15) is 0 Å². The lowest BCUT2D eigenvalue weighted by atomic mass is 9.86. The molecule has 0 amide bonds. The van der Waals surface area contributed by atoms with E-state index in [1.165, 1.54) is 17.4 Å². The summed E-state index contributed by atoms with van der Waals surface area (Å²) in [7, 11) is -2.84. The van der Waals surface area contributed by atoms with Crippen molar-refractivity contribution in [2.24, 2.45) is 5.92 Å². The van der Waals surface area contributed by atoms with E-state index in [9.17, 15) is 8.42 Å². The quantitative estimate of drug-likeness (QED) is 0.908. The van der Waals surface area contributed by atoms with Gasteiger partial charge in [0.05, 0.1) is 5.75 Å². The van der Waals surface area contributed by atoms with Gasteiger partial charge in [-0.25, -0.2) is 8.42 Å². The SMILES string of the molecule is Cc1cnccc1C(C)NC1CCC(CS(C)(=O)=O)CC1. The summed E-state index contributed by atoms with van der Waals surface area (Å²) in [6, 6.07) is 2.87. The topological polar surface area (TPSA) is 59.1 Å². The monoisotopic (exact) mass is 310 g/mol.